The van der Waals surface area contributed by atoms with Crippen molar-refractivity contribution in [2.75, 3.05) is 33.0 Å². The Morgan fingerprint density at radius 2 is 0.769 bits per heavy atom. The molecule has 1 saturated carbocycles. The number of fused-ring (bicyclic) bond motifs is 1. The lowest BCUT2D eigenvalue weighted by molar-refractivity contribution is -0.396. The van der Waals surface area contributed by atoms with E-state index < -0.39 is 252 Å². The van der Waals surface area contributed by atoms with Gasteiger partial charge in [0.2, 0.25) is 0 Å². The third-order valence-corrected chi connectivity index (χ3v) is 15.5. The highest BCUT2D eigenvalue weighted by Gasteiger charge is 2.62. The maximum atomic E-state index is 12.2. The zero-order chi connectivity index (χ0) is 57.8. The zero-order valence-corrected chi connectivity index (χ0v) is 42.1. The SMILES string of the molecule is N[C@H]1[C@H](O[C@@H]2[C@@H](O)[C@H](O)[C@@H](O)[C@H]3OP(=O)(O)O[C@H]32)O[C@H](CO)[C@@H](O[C@H]2O[C@H](CO[C@H]3O[C@H](COS(=O)(=O)O)[C@@H](O)[C@H](O)[C@@H]3O[C@H]3O[C@H](COS(=O)(=O)O)[C@@H](O)[C@H](O)[C@@H]3O[C@H]3O[C@H](CO)[C@@H](O)[C@H](O)[C@@H]3O)[C@@H](O)[C@H](O)[C@@H]2O)[C@@H]1O. The van der Waals surface area contributed by atoms with E-state index in [4.69, 9.17) is 62.1 Å². The standard InChI is InChI=1S/C36H62NO38PS2/c37-11-16(44)26(7(2-39)66-32(11)71-27-22(50)19(47)23(51)28-31(27)75-76(54,55)74-28)70-34-25(53)18(46)13(41)8(67-34)3-62-35-29(20(48)14(42)9(68-35)4-63-77(56,57)58)73-36-30(21(49)15(43)10(69-36)5-64-78(59,60)61)72-33-24(52)17(45)12(40)6(1-38)65-33/h6-36,38-53H,1-5,37H2,(H,54,55)(H,56,57,58)(H,59,60,61)/t6-,7-,8-,9-,10-,11-,12-,13-,14-,15-,16-,17+,18+,19+,20+,21+,22+,23-,24+,25+,26-,27-,28-,29+,30+,31+,32+,33-,34-,35+,36-/m1/s1. The first kappa shape index (κ1) is 64.3. The van der Waals surface area contributed by atoms with Crippen LogP contribution in [-0.4, -0.2) is 336 Å². The average Bonchev–Trinajstić information content (AvgIpc) is 3.74. The molecule has 39 nitrogen and oxygen atoms in total. The Hall–Kier alpha value is -1.23. The number of phosphoric acid groups is 1. The second-order valence-corrected chi connectivity index (χ2v) is 22.3. The van der Waals surface area contributed by atoms with Gasteiger partial charge in [0.15, 0.2) is 31.5 Å². The van der Waals surface area contributed by atoms with E-state index in [1.807, 2.05) is 0 Å². The molecule has 1 aliphatic carbocycles. The number of rotatable bonds is 19. The Morgan fingerprint density at radius 3 is 1.29 bits per heavy atom. The van der Waals surface area contributed by atoms with Gasteiger partial charge in [-0.1, -0.05) is 0 Å². The summed E-state index contributed by atoms with van der Waals surface area (Å²) in [6.07, 6.45) is -62.9. The number of nitrogens with two attached hydrogens (primary N) is 1. The smallest absolute Gasteiger partial charge is 0.394 e. The fourth-order valence-corrected chi connectivity index (χ4v) is 11.1. The monoisotopic (exact) mass is 1210 g/mol. The number of hydrogen-bond acceptors (Lipinski definition) is 36. The Bertz CT molecular complexity index is 2240. The first-order chi connectivity index (χ1) is 36.3. The highest BCUT2D eigenvalue weighted by molar-refractivity contribution is 7.81. The van der Waals surface area contributed by atoms with Gasteiger partial charge in [0, 0.05) is 0 Å². The van der Waals surface area contributed by atoms with Gasteiger partial charge in [0.1, 0.15) is 153 Å². The van der Waals surface area contributed by atoms with Crippen LogP contribution in [-0.2, 0) is 90.1 Å². The van der Waals surface area contributed by atoms with E-state index in [0.29, 0.717) is 0 Å². The van der Waals surface area contributed by atoms with Gasteiger partial charge in [-0.3, -0.25) is 18.2 Å². The van der Waals surface area contributed by atoms with Crippen LogP contribution in [0.4, 0.5) is 0 Å². The second-order valence-electron chi connectivity index (χ2n) is 18.8. The van der Waals surface area contributed by atoms with Crippen molar-refractivity contribution in [3.05, 3.63) is 0 Å². The van der Waals surface area contributed by atoms with Gasteiger partial charge in [-0.25, -0.2) is 12.9 Å². The first-order valence-electron chi connectivity index (χ1n) is 23.2. The van der Waals surface area contributed by atoms with Crippen molar-refractivity contribution in [1.29, 1.82) is 0 Å². The van der Waals surface area contributed by atoms with Crippen LogP contribution in [0.3, 0.4) is 0 Å². The third-order valence-electron chi connectivity index (χ3n) is 13.6. The molecule has 1 unspecified atom stereocenters. The van der Waals surface area contributed by atoms with Crippen molar-refractivity contribution in [3.63, 3.8) is 0 Å². The van der Waals surface area contributed by atoms with Gasteiger partial charge < -0.3 is 140 Å². The molecule has 0 aromatic rings. The number of phosphoric ester groups is 1. The molecule has 6 heterocycles. The van der Waals surface area contributed by atoms with Crippen LogP contribution < -0.4 is 5.73 Å². The summed E-state index contributed by atoms with van der Waals surface area (Å²) in [6.45, 7) is -5.84. The van der Waals surface area contributed by atoms with Crippen molar-refractivity contribution in [2.24, 2.45) is 5.73 Å². The van der Waals surface area contributed by atoms with E-state index in [0.717, 1.165) is 0 Å². The Kier molecular flexibility index (Phi) is 21.1. The van der Waals surface area contributed by atoms with Gasteiger partial charge >= 0.3 is 28.6 Å². The topological polar surface area (TPSA) is 625 Å². The Morgan fingerprint density at radius 1 is 0.397 bits per heavy atom. The molecule has 42 heteroatoms. The number of ether oxygens (including phenoxy) is 10. The summed E-state index contributed by atoms with van der Waals surface area (Å²) in [5.74, 6) is 0. The molecule has 6 aliphatic heterocycles. The summed E-state index contributed by atoms with van der Waals surface area (Å²) in [4.78, 5) is 9.90. The van der Waals surface area contributed by atoms with E-state index >= 15 is 0 Å². The maximum absolute atomic E-state index is 12.2. The third kappa shape index (κ3) is 14.1. The molecular weight excluding hydrogens is 1150 g/mol. The summed E-state index contributed by atoms with van der Waals surface area (Å²) in [7, 11) is -15.5. The average molecular weight is 1210 g/mol. The molecule has 0 aromatic heterocycles. The van der Waals surface area contributed by atoms with Gasteiger partial charge in [-0.05, 0) is 0 Å². The largest absolute Gasteiger partial charge is 0.473 e. The molecule has 78 heavy (non-hydrogen) atoms. The lowest BCUT2D eigenvalue weighted by atomic mass is 9.84. The molecule has 7 fully saturated rings. The number of aliphatic hydroxyl groups excluding tert-OH is 16. The molecule has 0 spiro atoms. The fraction of sp³-hybridized carbons (Fsp3) is 1.00. The van der Waals surface area contributed by atoms with Gasteiger partial charge in [0.05, 0.1) is 39.1 Å². The predicted octanol–water partition coefficient (Wildman–Crippen LogP) is -13.9. The molecule has 0 bridgehead atoms. The lowest BCUT2D eigenvalue weighted by Crippen LogP contribution is -2.69. The van der Waals surface area contributed by atoms with Crippen LogP contribution >= 0.6 is 7.82 Å². The molecule has 0 amide bonds. The highest BCUT2D eigenvalue weighted by atomic mass is 32.3. The van der Waals surface area contributed by atoms with Crippen molar-refractivity contribution in [2.45, 2.75) is 190 Å². The summed E-state index contributed by atoms with van der Waals surface area (Å²) in [5.41, 5.74) is 6.19. The molecule has 32 atom stereocenters. The van der Waals surface area contributed by atoms with E-state index in [9.17, 15) is 117 Å². The molecule has 6 saturated heterocycles. The molecule has 7 aliphatic rings. The van der Waals surface area contributed by atoms with E-state index in [2.05, 4.69) is 8.37 Å². The van der Waals surface area contributed by atoms with Crippen molar-refractivity contribution in [3.8, 4) is 0 Å². The minimum Gasteiger partial charge on any atom is -0.394 e. The molecule has 21 N–H and O–H groups in total. The summed E-state index contributed by atoms with van der Waals surface area (Å²) >= 11 is 0. The first-order valence-corrected chi connectivity index (χ1v) is 27.4. The molecule has 7 rings (SSSR count). The van der Waals surface area contributed by atoms with Crippen LogP contribution in [0, 0.1) is 0 Å². The quantitative estimate of drug-likeness (QED) is 0.0422. The summed E-state index contributed by atoms with van der Waals surface area (Å²) < 4.78 is 151. The van der Waals surface area contributed by atoms with Crippen LogP contribution in [0.5, 0.6) is 0 Å². The van der Waals surface area contributed by atoms with Crippen LogP contribution in [0.2, 0.25) is 0 Å². The van der Waals surface area contributed by atoms with E-state index in [1.165, 1.54) is 0 Å². The molecular formula is C36H62NO38PS2. The van der Waals surface area contributed by atoms with Gasteiger partial charge in [0.25, 0.3) is 0 Å². The highest BCUT2D eigenvalue weighted by Crippen LogP contribution is 2.56. The lowest BCUT2D eigenvalue weighted by Gasteiger charge is -2.49. The summed E-state index contributed by atoms with van der Waals surface area (Å²) in [6, 6.07) is -1.80. The fourth-order valence-electron chi connectivity index (χ4n) is 9.36. The minimum absolute atomic E-state index is 1.01. The zero-order valence-electron chi connectivity index (χ0n) is 39.5. The minimum atomic E-state index is -5.31. The van der Waals surface area contributed by atoms with E-state index in [-0.39, 0.29) is 0 Å². The van der Waals surface area contributed by atoms with Gasteiger partial charge in [-0.15, -0.1) is 0 Å². The Labute approximate surface area is 438 Å². The summed E-state index contributed by atoms with van der Waals surface area (Å²) in [5, 5.41) is 172. The van der Waals surface area contributed by atoms with Crippen LogP contribution in [0.15, 0.2) is 0 Å². The van der Waals surface area contributed by atoms with Crippen molar-refractivity contribution < 1.29 is 182 Å². The molecule has 0 aromatic carbocycles. The second kappa shape index (κ2) is 25.5. The van der Waals surface area contributed by atoms with Crippen LogP contribution in [0.1, 0.15) is 0 Å². The van der Waals surface area contributed by atoms with E-state index in [1.54, 1.807) is 0 Å². The van der Waals surface area contributed by atoms with Crippen molar-refractivity contribution >= 4 is 28.6 Å². The number of hydrogen-bond donors (Lipinski definition) is 20. The molecule has 0 radical (unpaired) electrons. The Balaban J connectivity index is 1.10. The van der Waals surface area contributed by atoms with Crippen molar-refractivity contribution in [1.82, 2.24) is 0 Å². The normalized spacial score (nSPS) is 51.5. The van der Waals surface area contributed by atoms with Gasteiger partial charge in [-0.2, -0.15) is 16.8 Å². The predicted molar refractivity (Wildman–Crippen MR) is 230 cm³/mol. The maximum Gasteiger partial charge on any atom is 0.473 e. The molecule has 456 valence electrons. The van der Waals surface area contributed by atoms with Crippen LogP contribution in [0.25, 0.3) is 0 Å². The number of aliphatic hydroxyl groups is 16.